The first-order valence-corrected chi connectivity index (χ1v) is 6.69. The Morgan fingerprint density at radius 3 is 2.35 bits per heavy atom. The summed E-state index contributed by atoms with van der Waals surface area (Å²) in [4.78, 5) is 8.14. The molecule has 1 heterocycles. The number of aromatic nitrogens is 2. The Kier molecular flexibility index (Phi) is 4.01. The van der Waals surface area contributed by atoms with Gasteiger partial charge >= 0.3 is 6.18 Å². The van der Waals surface area contributed by atoms with Crippen molar-refractivity contribution in [1.82, 2.24) is 9.97 Å². The van der Waals surface area contributed by atoms with Gasteiger partial charge in [0.05, 0.1) is 10.9 Å². The molecule has 0 spiro atoms. The van der Waals surface area contributed by atoms with E-state index in [1.165, 1.54) is 18.5 Å². The largest absolute Gasteiger partial charge is 0.480 e. The number of halogens is 3. The van der Waals surface area contributed by atoms with Gasteiger partial charge in [-0.15, -0.1) is 0 Å². The monoisotopic (exact) mass is 320 g/mol. The normalized spacial score (nSPS) is 11.4. The van der Waals surface area contributed by atoms with Crippen molar-refractivity contribution in [2.75, 3.05) is 6.61 Å². The Labute approximate surface area is 129 Å². The van der Waals surface area contributed by atoms with Gasteiger partial charge in [0.25, 0.3) is 0 Å². The molecule has 0 unspecified atom stereocenters. The molecule has 4 nitrogen and oxygen atoms in total. The summed E-state index contributed by atoms with van der Waals surface area (Å²) in [5.74, 6) is 0.395. The van der Waals surface area contributed by atoms with Crippen LogP contribution in [-0.4, -0.2) is 22.8 Å². The summed E-state index contributed by atoms with van der Waals surface area (Å²) >= 11 is 0. The van der Waals surface area contributed by atoms with E-state index in [0.29, 0.717) is 10.9 Å². The third-order valence-electron chi connectivity index (χ3n) is 2.95. The van der Waals surface area contributed by atoms with Gasteiger partial charge < -0.3 is 9.47 Å². The summed E-state index contributed by atoms with van der Waals surface area (Å²) in [6.45, 7) is -1.39. The summed E-state index contributed by atoms with van der Waals surface area (Å²) < 4.78 is 47.4. The molecule has 0 saturated heterocycles. The van der Waals surface area contributed by atoms with E-state index in [1.807, 2.05) is 6.07 Å². The molecule has 0 N–H and O–H groups in total. The van der Waals surface area contributed by atoms with Gasteiger partial charge in [0.2, 0.25) is 5.88 Å². The van der Waals surface area contributed by atoms with Crippen molar-refractivity contribution in [3.63, 3.8) is 0 Å². The zero-order chi connectivity index (χ0) is 16.3. The van der Waals surface area contributed by atoms with E-state index in [4.69, 9.17) is 9.47 Å². The lowest BCUT2D eigenvalue weighted by Gasteiger charge is -2.13. The molecule has 0 saturated carbocycles. The Bertz CT molecular complexity index is 816. The number of fused-ring (bicyclic) bond motifs is 1. The van der Waals surface area contributed by atoms with E-state index >= 15 is 0 Å². The van der Waals surface area contributed by atoms with Gasteiger partial charge in [0.1, 0.15) is 6.33 Å². The SMILES string of the molecule is FC(F)(F)COc1ccccc1Oc1ncnc2ccccc12. The lowest BCUT2D eigenvalue weighted by atomic mass is 10.2. The maximum absolute atomic E-state index is 12.3. The second-order valence-electron chi connectivity index (χ2n) is 4.65. The molecule has 3 aromatic rings. The topological polar surface area (TPSA) is 44.2 Å². The van der Waals surface area contributed by atoms with E-state index < -0.39 is 12.8 Å². The number of rotatable bonds is 4. The van der Waals surface area contributed by atoms with Crippen LogP contribution in [-0.2, 0) is 0 Å². The lowest BCUT2D eigenvalue weighted by molar-refractivity contribution is -0.153. The molecular formula is C16H11F3N2O2. The summed E-state index contributed by atoms with van der Waals surface area (Å²) in [6, 6.07) is 13.3. The lowest BCUT2D eigenvalue weighted by Crippen LogP contribution is -2.19. The van der Waals surface area contributed by atoms with E-state index in [2.05, 4.69) is 9.97 Å². The van der Waals surface area contributed by atoms with Gasteiger partial charge in [0.15, 0.2) is 18.1 Å². The van der Waals surface area contributed by atoms with Crippen LogP contribution in [0.1, 0.15) is 0 Å². The Hall–Kier alpha value is -2.83. The molecule has 0 radical (unpaired) electrons. The highest BCUT2D eigenvalue weighted by atomic mass is 19.4. The number of alkyl halides is 3. The summed E-state index contributed by atoms with van der Waals surface area (Å²) in [7, 11) is 0. The highest BCUT2D eigenvalue weighted by molar-refractivity contribution is 5.83. The van der Waals surface area contributed by atoms with Crippen LogP contribution in [0.5, 0.6) is 17.4 Å². The van der Waals surface area contributed by atoms with Crippen LogP contribution < -0.4 is 9.47 Å². The summed E-state index contributed by atoms with van der Waals surface area (Å²) in [5.41, 5.74) is 0.672. The fourth-order valence-corrected chi connectivity index (χ4v) is 1.98. The fourth-order valence-electron chi connectivity index (χ4n) is 1.98. The van der Waals surface area contributed by atoms with E-state index in [1.54, 1.807) is 30.3 Å². The van der Waals surface area contributed by atoms with Crippen LogP contribution in [0.15, 0.2) is 54.9 Å². The molecule has 0 aliphatic carbocycles. The Morgan fingerprint density at radius 2 is 1.57 bits per heavy atom. The van der Waals surface area contributed by atoms with E-state index in [0.717, 1.165) is 0 Å². The van der Waals surface area contributed by atoms with Gasteiger partial charge in [0, 0.05) is 0 Å². The van der Waals surface area contributed by atoms with Crippen molar-refractivity contribution in [3.8, 4) is 17.4 Å². The molecule has 1 aromatic heterocycles. The quantitative estimate of drug-likeness (QED) is 0.716. The highest BCUT2D eigenvalue weighted by Gasteiger charge is 2.29. The molecule has 0 bridgehead atoms. The number of nitrogens with zero attached hydrogens (tertiary/aromatic N) is 2. The van der Waals surface area contributed by atoms with Crippen molar-refractivity contribution >= 4 is 10.9 Å². The first-order chi connectivity index (χ1) is 11.0. The fraction of sp³-hybridized carbons (Fsp3) is 0.125. The van der Waals surface area contributed by atoms with Crippen molar-refractivity contribution in [2.45, 2.75) is 6.18 Å². The number of ether oxygens (including phenoxy) is 2. The van der Waals surface area contributed by atoms with Gasteiger partial charge in [-0.1, -0.05) is 24.3 Å². The predicted molar refractivity (Wildman–Crippen MR) is 77.6 cm³/mol. The Balaban J connectivity index is 1.90. The number of hydrogen-bond acceptors (Lipinski definition) is 4. The molecule has 2 aromatic carbocycles. The zero-order valence-corrected chi connectivity index (χ0v) is 11.7. The maximum atomic E-state index is 12.3. The van der Waals surface area contributed by atoms with Crippen LogP contribution in [0.4, 0.5) is 13.2 Å². The van der Waals surface area contributed by atoms with Crippen LogP contribution in [0.3, 0.4) is 0 Å². The van der Waals surface area contributed by atoms with Gasteiger partial charge in [-0.2, -0.15) is 13.2 Å². The molecule has 0 amide bonds. The average Bonchev–Trinajstić information content (AvgIpc) is 2.54. The minimum absolute atomic E-state index is 0.00693. The van der Waals surface area contributed by atoms with Gasteiger partial charge in [-0.25, -0.2) is 9.97 Å². The smallest absolute Gasteiger partial charge is 0.422 e. The van der Waals surface area contributed by atoms with Crippen molar-refractivity contribution in [3.05, 3.63) is 54.9 Å². The predicted octanol–water partition coefficient (Wildman–Crippen LogP) is 4.36. The first kappa shape index (κ1) is 15.1. The van der Waals surface area contributed by atoms with Crippen LogP contribution >= 0.6 is 0 Å². The first-order valence-electron chi connectivity index (χ1n) is 6.69. The number of para-hydroxylation sites is 3. The Morgan fingerprint density at radius 1 is 0.870 bits per heavy atom. The molecule has 0 aliphatic rings. The summed E-state index contributed by atoms with van der Waals surface area (Å²) in [5, 5.41) is 0.653. The van der Waals surface area contributed by atoms with Gasteiger partial charge in [-0.05, 0) is 24.3 Å². The van der Waals surface area contributed by atoms with Crippen LogP contribution in [0, 0.1) is 0 Å². The van der Waals surface area contributed by atoms with Crippen LogP contribution in [0.2, 0.25) is 0 Å². The van der Waals surface area contributed by atoms with Crippen molar-refractivity contribution in [1.29, 1.82) is 0 Å². The molecule has 0 aliphatic heterocycles. The third kappa shape index (κ3) is 3.68. The molecule has 118 valence electrons. The zero-order valence-electron chi connectivity index (χ0n) is 11.7. The average molecular weight is 320 g/mol. The molecular weight excluding hydrogens is 309 g/mol. The maximum Gasteiger partial charge on any atom is 0.422 e. The number of benzene rings is 2. The minimum Gasteiger partial charge on any atom is -0.480 e. The van der Waals surface area contributed by atoms with E-state index in [-0.39, 0.29) is 17.4 Å². The minimum atomic E-state index is -4.42. The van der Waals surface area contributed by atoms with Crippen molar-refractivity contribution < 1.29 is 22.6 Å². The molecule has 0 fully saturated rings. The summed E-state index contributed by atoms with van der Waals surface area (Å²) in [6.07, 6.45) is -3.09. The molecule has 23 heavy (non-hydrogen) atoms. The van der Waals surface area contributed by atoms with Crippen molar-refractivity contribution in [2.24, 2.45) is 0 Å². The molecule has 3 rings (SSSR count). The van der Waals surface area contributed by atoms with Gasteiger partial charge in [-0.3, -0.25) is 0 Å². The van der Waals surface area contributed by atoms with E-state index in [9.17, 15) is 13.2 Å². The number of hydrogen-bond donors (Lipinski definition) is 0. The third-order valence-corrected chi connectivity index (χ3v) is 2.95. The second kappa shape index (κ2) is 6.12. The molecule has 7 heteroatoms. The van der Waals surface area contributed by atoms with Crippen LogP contribution in [0.25, 0.3) is 10.9 Å². The standard InChI is InChI=1S/C16H11F3N2O2/c17-16(18,19)9-22-13-7-3-4-8-14(13)23-15-11-5-1-2-6-12(11)20-10-21-15/h1-8,10H,9H2. The second-order valence-corrected chi connectivity index (χ2v) is 4.65. The highest BCUT2D eigenvalue weighted by Crippen LogP contribution is 2.33. The molecule has 0 atom stereocenters.